The number of aromatic nitrogens is 1. The summed E-state index contributed by atoms with van der Waals surface area (Å²) in [5.74, 6) is -1.06. The van der Waals surface area contributed by atoms with Crippen LogP contribution in [0.5, 0.6) is 11.5 Å². The molecule has 2 aliphatic rings. The van der Waals surface area contributed by atoms with Gasteiger partial charge in [-0.05, 0) is 66.0 Å². The highest BCUT2D eigenvalue weighted by Crippen LogP contribution is 2.41. The molecule has 0 aliphatic carbocycles. The number of amides is 1. The summed E-state index contributed by atoms with van der Waals surface area (Å²) in [5, 5.41) is 13.7. The lowest BCUT2D eigenvalue weighted by atomic mass is 9.78. The minimum Gasteiger partial charge on any atom is -0.507 e. The van der Waals surface area contributed by atoms with Gasteiger partial charge < -0.3 is 28.8 Å². The fraction of sp³-hybridized carbons (Fsp3) is 0.278. The molecule has 1 N–H and O–H groups in total. The molecule has 12 heteroatoms. The van der Waals surface area contributed by atoms with Gasteiger partial charge in [0.25, 0.3) is 5.91 Å². The van der Waals surface area contributed by atoms with Crippen LogP contribution in [0.1, 0.15) is 56.9 Å². The van der Waals surface area contributed by atoms with Crippen molar-refractivity contribution in [3.05, 3.63) is 82.4 Å². The molecule has 1 atom stereocenters. The number of thiazole rings is 1. The number of nitrogens with zero attached hydrogens (tertiary/aromatic N) is 2. The highest BCUT2D eigenvalue weighted by Gasteiger charge is 2.57. The number of hydrogen-bond donors (Lipinski definition) is 1. The molecule has 48 heavy (non-hydrogen) atoms. The van der Waals surface area contributed by atoms with E-state index in [2.05, 4.69) is 0 Å². The summed E-state index contributed by atoms with van der Waals surface area (Å²) in [4.78, 5) is 44.4. The van der Waals surface area contributed by atoms with E-state index in [0.29, 0.717) is 70.7 Å². The second kappa shape index (κ2) is 12.1. The van der Waals surface area contributed by atoms with E-state index in [1.54, 1.807) is 36.1 Å². The second-order valence-corrected chi connectivity index (χ2v) is 13.6. The molecule has 244 valence electrons. The number of phenols is 1. The number of aldehydes is 2. The van der Waals surface area contributed by atoms with Crippen LogP contribution in [0.2, 0.25) is 0 Å². The van der Waals surface area contributed by atoms with Gasteiger partial charge in [-0.1, -0.05) is 42.5 Å². The van der Waals surface area contributed by atoms with Crippen LogP contribution in [-0.2, 0) is 14.0 Å². The summed E-state index contributed by atoms with van der Waals surface area (Å²) in [5.41, 5.74) is 1.89. The number of ether oxygens (including phenoxy) is 2. The average Bonchev–Trinajstić information content (AvgIpc) is 3.59. The van der Waals surface area contributed by atoms with Crippen LogP contribution in [0.25, 0.3) is 32.1 Å². The summed E-state index contributed by atoms with van der Waals surface area (Å²) in [7, 11) is -0.799. The van der Waals surface area contributed by atoms with Gasteiger partial charge in [0.2, 0.25) is 5.79 Å². The molecule has 2 aliphatic heterocycles. The summed E-state index contributed by atoms with van der Waals surface area (Å²) in [6.45, 7) is 9.53. The van der Waals surface area contributed by atoms with Crippen molar-refractivity contribution < 1.29 is 38.3 Å². The summed E-state index contributed by atoms with van der Waals surface area (Å²) in [6.07, 6.45) is 1.41. The highest BCUT2D eigenvalue weighted by molar-refractivity contribution is 7.17. The van der Waals surface area contributed by atoms with Gasteiger partial charge in [0, 0.05) is 25.6 Å². The van der Waals surface area contributed by atoms with Gasteiger partial charge in [0.05, 0.1) is 30.0 Å². The van der Waals surface area contributed by atoms with Crippen molar-refractivity contribution in [3.63, 3.8) is 0 Å². The summed E-state index contributed by atoms with van der Waals surface area (Å²) < 4.78 is 24.7. The normalized spacial score (nSPS) is 19.2. The van der Waals surface area contributed by atoms with Crippen molar-refractivity contribution in [3.8, 4) is 22.1 Å². The van der Waals surface area contributed by atoms with Crippen LogP contribution in [-0.4, -0.2) is 78.3 Å². The fourth-order valence-corrected chi connectivity index (χ4v) is 7.21. The van der Waals surface area contributed by atoms with Crippen molar-refractivity contribution in [1.29, 1.82) is 0 Å². The Bertz CT molecular complexity index is 2110. The lowest BCUT2D eigenvalue weighted by Crippen LogP contribution is -2.49. The number of phenolic OH excluding ortho intramolecular Hbond substituents is 1. The predicted molar refractivity (Wildman–Crippen MR) is 184 cm³/mol. The number of aromatic hydroxyl groups is 1. The van der Waals surface area contributed by atoms with E-state index in [1.165, 1.54) is 17.4 Å². The third kappa shape index (κ3) is 5.44. The molecule has 0 saturated carbocycles. The molecular formula is C36H33BN2O8S. The second-order valence-electron chi connectivity index (χ2n) is 12.6. The molecule has 7 rings (SSSR count). The zero-order valence-electron chi connectivity index (χ0n) is 26.9. The Morgan fingerprint density at radius 1 is 0.938 bits per heavy atom. The number of carbonyl (C=O) groups is 3. The lowest BCUT2D eigenvalue weighted by molar-refractivity contribution is -0.155. The summed E-state index contributed by atoms with van der Waals surface area (Å²) in [6, 6.07) is 18.0. The van der Waals surface area contributed by atoms with E-state index in [0.717, 1.165) is 27.6 Å². The zero-order valence-corrected chi connectivity index (χ0v) is 27.8. The largest absolute Gasteiger partial charge is 0.507 e. The Balaban J connectivity index is 1.16. The molecule has 3 heterocycles. The van der Waals surface area contributed by atoms with E-state index < -0.39 is 18.5 Å². The van der Waals surface area contributed by atoms with Gasteiger partial charge >= 0.3 is 7.12 Å². The molecule has 10 nitrogen and oxygen atoms in total. The van der Waals surface area contributed by atoms with E-state index in [1.807, 2.05) is 51.1 Å². The smallest absolute Gasteiger partial charge is 0.497 e. The predicted octanol–water partition coefficient (Wildman–Crippen LogP) is 5.54. The molecule has 0 radical (unpaired) electrons. The third-order valence-corrected chi connectivity index (χ3v) is 10.5. The Morgan fingerprint density at radius 2 is 1.62 bits per heavy atom. The van der Waals surface area contributed by atoms with Gasteiger partial charge in [0.15, 0.2) is 12.6 Å². The van der Waals surface area contributed by atoms with Crippen molar-refractivity contribution in [2.45, 2.75) is 39.1 Å². The number of carbonyl (C=O) groups excluding carboxylic acids is 3. The van der Waals surface area contributed by atoms with Crippen LogP contribution >= 0.6 is 11.3 Å². The maximum Gasteiger partial charge on any atom is 0.497 e. The number of aryl methyl sites for hydroxylation is 1. The van der Waals surface area contributed by atoms with Crippen LogP contribution in [0.15, 0.2) is 60.7 Å². The molecule has 1 aromatic heterocycles. The molecule has 0 spiro atoms. The molecule has 0 bridgehead atoms. The number of benzene rings is 4. The standard InChI is InChI=1S/C36H33BN2O8S/c1-21-32(34(43)39-13-15-44-16-14-39)48-33(38-21)24-5-9-27-22(17-24)7-12-31(29(27)20-41)45-36(4)35(2,3)46-37(47-36)25-8-10-26-23(18-25)6-11-30(42)28(26)19-40/h5-12,17-20,42H,13-16H2,1-4H3. The molecule has 5 aromatic rings. The van der Waals surface area contributed by atoms with Crippen LogP contribution in [0.3, 0.4) is 0 Å². The molecular weight excluding hydrogens is 631 g/mol. The number of hydrogen-bond acceptors (Lipinski definition) is 10. The average molecular weight is 665 g/mol. The Labute approximate surface area is 281 Å². The SMILES string of the molecule is Cc1nc(-c2ccc3c(C=O)c(OC4(C)OB(c5ccc6c(C=O)c(O)ccc6c5)OC4(C)C)ccc3c2)sc1C(=O)N1CCOCC1. The minimum atomic E-state index is -1.29. The fourth-order valence-electron chi connectivity index (χ4n) is 6.17. The van der Waals surface area contributed by atoms with Gasteiger partial charge in [-0.2, -0.15) is 0 Å². The van der Waals surface area contributed by atoms with Gasteiger partial charge in [0.1, 0.15) is 27.0 Å². The first kappa shape index (κ1) is 32.0. The van der Waals surface area contributed by atoms with Crippen molar-refractivity contribution in [2.24, 2.45) is 0 Å². The Kier molecular flexibility index (Phi) is 8.07. The van der Waals surface area contributed by atoms with E-state index >= 15 is 0 Å². The zero-order chi connectivity index (χ0) is 33.8. The lowest BCUT2D eigenvalue weighted by Gasteiger charge is -2.36. The number of morpholine rings is 1. The van der Waals surface area contributed by atoms with E-state index in [4.69, 9.17) is 23.8 Å². The monoisotopic (exact) mass is 664 g/mol. The Morgan fingerprint density at radius 3 is 2.38 bits per heavy atom. The molecule has 4 aromatic carbocycles. The quantitative estimate of drug-likeness (QED) is 0.176. The Hall–Kier alpha value is -4.62. The maximum atomic E-state index is 13.1. The van der Waals surface area contributed by atoms with E-state index in [9.17, 15) is 19.5 Å². The number of fused-ring (bicyclic) bond motifs is 2. The van der Waals surface area contributed by atoms with Crippen LogP contribution in [0, 0.1) is 6.92 Å². The van der Waals surface area contributed by atoms with Crippen molar-refractivity contribution in [2.75, 3.05) is 26.3 Å². The molecule has 1 amide bonds. The summed E-state index contributed by atoms with van der Waals surface area (Å²) >= 11 is 1.36. The number of rotatable bonds is 7. The molecule has 2 saturated heterocycles. The molecule has 1 unspecified atom stereocenters. The van der Waals surface area contributed by atoms with Gasteiger partial charge in [-0.25, -0.2) is 4.98 Å². The third-order valence-electron chi connectivity index (χ3n) is 9.26. The minimum absolute atomic E-state index is 0.0323. The van der Waals surface area contributed by atoms with Crippen molar-refractivity contribution in [1.82, 2.24) is 9.88 Å². The first-order valence-electron chi connectivity index (χ1n) is 15.6. The first-order valence-corrected chi connectivity index (χ1v) is 16.5. The van der Waals surface area contributed by atoms with E-state index in [-0.39, 0.29) is 17.2 Å². The topological polar surface area (TPSA) is 124 Å². The van der Waals surface area contributed by atoms with Crippen LogP contribution in [0.4, 0.5) is 0 Å². The van der Waals surface area contributed by atoms with Crippen LogP contribution < -0.4 is 10.2 Å². The first-order chi connectivity index (χ1) is 23.0. The van der Waals surface area contributed by atoms with Crippen molar-refractivity contribution >= 4 is 63.9 Å². The van der Waals surface area contributed by atoms with Gasteiger partial charge in [-0.15, -0.1) is 11.3 Å². The maximum absolute atomic E-state index is 13.1. The molecule has 2 fully saturated rings. The highest BCUT2D eigenvalue weighted by atomic mass is 32.1. The van der Waals surface area contributed by atoms with Gasteiger partial charge in [-0.3, -0.25) is 14.4 Å².